The first-order valence-electron chi connectivity index (χ1n) is 11.9. The van der Waals surface area contributed by atoms with E-state index >= 15 is 0 Å². The van der Waals surface area contributed by atoms with Gasteiger partial charge in [0, 0.05) is 23.0 Å². The average molecular weight is 584 g/mol. The van der Waals surface area contributed by atoms with Crippen molar-refractivity contribution in [1.82, 2.24) is 14.8 Å². The summed E-state index contributed by atoms with van der Waals surface area (Å²) < 4.78 is 13.2. The smallest absolute Gasteiger partial charge is 0.341 e. The third-order valence-corrected chi connectivity index (χ3v) is 8.51. The summed E-state index contributed by atoms with van der Waals surface area (Å²) in [7, 11) is 1.81. The molecule has 0 spiro atoms. The maximum atomic E-state index is 12.9. The van der Waals surface area contributed by atoms with Crippen molar-refractivity contribution in [3.63, 3.8) is 0 Å². The highest BCUT2D eigenvalue weighted by Gasteiger charge is 2.28. The maximum Gasteiger partial charge on any atom is 0.341 e. The van der Waals surface area contributed by atoms with Crippen LogP contribution in [0.25, 0.3) is 0 Å². The van der Waals surface area contributed by atoms with E-state index < -0.39 is 6.10 Å². The van der Waals surface area contributed by atoms with Crippen molar-refractivity contribution in [1.29, 1.82) is 0 Å². The van der Waals surface area contributed by atoms with E-state index in [2.05, 4.69) is 15.5 Å². The van der Waals surface area contributed by atoms with E-state index in [1.54, 1.807) is 22.8 Å². The van der Waals surface area contributed by atoms with E-state index in [0.717, 1.165) is 36.1 Å². The zero-order chi connectivity index (χ0) is 26.7. The van der Waals surface area contributed by atoms with Crippen LogP contribution in [-0.4, -0.2) is 38.5 Å². The molecule has 2 aromatic heterocycles. The molecule has 12 heteroatoms. The third-order valence-electron chi connectivity index (χ3n) is 5.73. The van der Waals surface area contributed by atoms with Crippen molar-refractivity contribution < 1.29 is 19.1 Å². The molecule has 0 fully saturated rings. The first-order valence-corrected chi connectivity index (χ1v) is 14.5. The number of hydrogen-bond acceptors (Lipinski definition) is 8. The molecule has 0 aliphatic heterocycles. The number of aromatic nitrogens is 3. The van der Waals surface area contributed by atoms with Crippen molar-refractivity contribution in [2.24, 2.45) is 7.05 Å². The highest BCUT2D eigenvalue weighted by atomic mass is 35.5. The number of thioether (sulfide) groups is 1. The number of aryl methyl sites for hydroxylation is 1. The van der Waals surface area contributed by atoms with Gasteiger partial charge in [-0.05, 0) is 64.2 Å². The predicted molar refractivity (Wildman–Crippen MR) is 147 cm³/mol. The van der Waals surface area contributed by atoms with Gasteiger partial charge >= 0.3 is 5.97 Å². The SMILES string of the molecule is CC(C)OC(=O)c1c(NC(=O)CSc2nnc(C(C)Oc3cc(Cl)ccc3Cl)n2C)sc2c1CCCC2. The molecule has 1 aliphatic carbocycles. The van der Waals surface area contributed by atoms with Crippen LogP contribution in [0, 0.1) is 0 Å². The van der Waals surface area contributed by atoms with Crippen LogP contribution >= 0.6 is 46.3 Å². The Morgan fingerprint density at radius 1 is 1.19 bits per heavy atom. The number of ether oxygens (including phenoxy) is 2. The lowest BCUT2D eigenvalue weighted by atomic mass is 9.95. The summed E-state index contributed by atoms with van der Waals surface area (Å²) >= 11 is 15.0. The molecule has 1 aromatic carbocycles. The summed E-state index contributed by atoms with van der Waals surface area (Å²) in [5.74, 6) is 0.501. The molecular formula is C25H28Cl2N4O4S2. The van der Waals surface area contributed by atoms with Gasteiger partial charge in [0.25, 0.3) is 0 Å². The number of carbonyl (C=O) groups is 2. The summed E-state index contributed by atoms with van der Waals surface area (Å²) in [6.07, 6.45) is 3.14. The van der Waals surface area contributed by atoms with Crippen LogP contribution in [0.3, 0.4) is 0 Å². The number of halogens is 2. The van der Waals surface area contributed by atoms with Gasteiger partial charge in [-0.2, -0.15) is 0 Å². The summed E-state index contributed by atoms with van der Waals surface area (Å²) in [5, 5.41) is 13.5. The molecule has 3 aromatic rings. The van der Waals surface area contributed by atoms with Gasteiger partial charge in [0.05, 0.1) is 22.4 Å². The summed E-state index contributed by atoms with van der Waals surface area (Å²) in [6.45, 7) is 5.46. The summed E-state index contributed by atoms with van der Waals surface area (Å²) in [4.78, 5) is 26.9. The number of rotatable bonds is 9. The van der Waals surface area contributed by atoms with Crippen LogP contribution in [0.4, 0.5) is 5.00 Å². The van der Waals surface area contributed by atoms with Crippen LogP contribution in [0.2, 0.25) is 10.0 Å². The summed E-state index contributed by atoms with van der Waals surface area (Å²) in [5.41, 5.74) is 1.51. The fraction of sp³-hybridized carbons (Fsp3) is 0.440. The van der Waals surface area contributed by atoms with E-state index in [4.69, 9.17) is 32.7 Å². The Morgan fingerprint density at radius 2 is 1.95 bits per heavy atom. The molecule has 1 unspecified atom stereocenters. The number of benzene rings is 1. The second-order valence-electron chi connectivity index (χ2n) is 8.94. The molecule has 37 heavy (non-hydrogen) atoms. The van der Waals surface area contributed by atoms with E-state index in [0.29, 0.717) is 37.3 Å². The number of nitrogens with one attached hydrogen (secondary N) is 1. The minimum Gasteiger partial charge on any atom is -0.481 e. The fourth-order valence-electron chi connectivity index (χ4n) is 4.05. The normalized spacial score (nSPS) is 13.8. The highest BCUT2D eigenvalue weighted by molar-refractivity contribution is 7.99. The van der Waals surface area contributed by atoms with E-state index in [-0.39, 0.29) is 23.7 Å². The Morgan fingerprint density at radius 3 is 2.70 bits per heavy atom. The van der Waals surface area contributed by atoms with Crippen molar-refractivity contribution in [3.05, 3.63) is 50.1 Å². The predicted octanol–water partition coefficient (Wildman–Crippen LogP) is 6.50. The number of carbonyl (C=O) groups excluding carboxylic acids is 2. The van der Waals surface area contributed by atoms with Gasteiger partial charge < -0.3 is 19.4 Å². The topological polar surface area (TPSA) is 95.3 Å². The van der Waals surface area contributed by atoms with Gasteiger partial charge in [-0.1, -0.05) is 35.0 Å². The molecule has 0 radical (unpaired) electrons. The van der Waals surface area contributed by atoms with E-state index in [9.17, 15) is 9.59 Å². The van der Waals surface area contributed by atoms with Gasteiger partial charge in [-0.15, -0.1) is 21.5 Å². The molecule has 4 rings (SSSR count). The molecule has 1 amide bonds. The van der Waals surface area contributed by atoms with Gasteiger partial charge in [-0.25, -0.2) is 4.79 Å². The Bertz CT molecular complexity index is 1310. The Hall–Kier alpha value is -2.27. The molecule has 2 heterocycles. The third kappa shape index (κ3) is 6.60. The van der Waals surface area contributed by atoms with Crippen molar-refractivity contribution >= 4 is 63.2 Å². The lowest BCUT2D eigenvalue weighted by Gasteiger charge is -2.15. The molecular weight excluding hydrogens is 555 g/mol. The lowest BCUT2D eigenvalue weighted by molar-refractivity contribution is -0.113. The Balaban J connectivity index is 1.42. The molecule has 198 valence electrons. The zero-order valence-electron chi connectivity index (χ0n) is 21.0. The van der Waals surface area contributed by atoms with E-state index in [1.807, 2.05) is 27.8 Å². The maximum absolute atomic E-state index is 12.9. The van der Waals surface area contributed by atoms with E-state index in [1.165, 1.54) is 23.1 Å². The minimum atomic E-state index is -0.455. The molecule has 0 saturated carbocycles. The minimum absolute atomic E-state index is 0.0998. The van der Waals surface area contributed by atoms with Gasteiger partial charge in [0.15, 0.2) is 17.1 Å². The number of thiophene rings is 1. The van der Waals surface area contributed by atoms with Crippen molar-refractivity contribution in [2.75, 3.05) is 11.1 Å². The van der Waals surface area contributed by atoms with Gasteiger partial charge in [-0.3, -0.25) is 4.79 Å². The zero-order valence-corrected chi connectivity index (χ0v) is 24.1. The number of anilines is 1. The largest absolute Gasteiger partial charge is 0.481 e. The molecule has 1 atom stereocenters. The number of hydrogen-bond donors (Lipinski definition) is 1. The molecule has 1 aliphatic rings. The monoisotopic (exact) mass is 582 g/mol. The van der Waals surface area contributed by atoms with Crippen LogP contribution in [0.5, 0.6) is 5.75 Å². The fourth-order valence-corrected chi connectivity index (χ4v) is 6.39. The Kier molecular flexibility index (Phi) is 9.05. The number of amides is 1. The number of nitrogens with zero attached hydrogens (tertiary/aromatic N) is 3. The molecule has 0 bridgehead atoms. The van der Waals surface area contributed by atoms with Crippen molar-refractivity contribution in [2.45, 2.75) is 63.8 Å². The number of esters is 1. The second kappa shape index (κ2) is 12.1. The molecule has 1 N–H and O–H groups in total. The highest BCUT2D eigenvalue weighted by Crippen LogP contribution is 2.39. The molecule has 8 nitrogen and oxygen atoms in total. The van der Waals surface area contributed by atoms with Crippen LogP contribution in [0.15, 0.2) is 23.4 Å². The first-order chi connectivity index (χ1) is 17.6. The average Bonchev–Trinajstić information content (AvgIpc) is 3.39. The standard InChI is InChI=1S/C25H28Cl2N4O4S2/c1-13(2)34-24(33)21-16-7-5-6-8-19(16)37-23(21)28-20(32)12-36-25-30-29-22(31(25)4)14(3)35-18-11-15(26)9-10-17(18)27/h9-11,13-14H,5-8,12H2,1-4H3,(H,28,32). The number of fused-ring (bicyclic) bond motifs is 1. The summed E-state index contributed by atoms with van der Waals surface area (Å²) in [6, 6.07) is 5.00. The van der Waals surface area contributed by atoms with Crippen LogP contribution in [-0.2, 0) is 29.4 Å². The molecule has 0 saturated heterocycles. The first kappa shape index (κ1) is 27.8. The van der Waals surface area contributed by atoms with Crippen LogP contribution < -0.4 is 10.1 Å². The van der Waals surface area contributed by atoms with Gasteiger partial charge in [0.2, 0.25) is 5.91 Å². The van der Waals surface area contributed by atoms with Crippen LogP contribution in [0.1, 0.15) is 66.3 Å². The Labute approximate surface area is 234 Å². The van der Waals surface area contributed by atoms with Gasteiger partial charge in [0.1, 0.15) is 10.8 Å². The van der Waals surface area contributed by atoms with Crippen molar-refractivity contribution in [3.8, 4) is 5.75 Å². The quantitative estimate of drug-likeness (QED) is 0.227. The lowest BCUT2D eigenvalue weighted by Crippen LogP contribution is -2.19. The second-order valence-corrected chi connectivity index (χ2v) is 11.8.